The first-order valence-corrected chi connectivity index (χ1v) is 6.75. The molecule has 4 nitrogen and oxygen atoms in total. The first-order chi connectivity index (χ1) is 8.20. The maximum absolute atomic E-state index is 12.2. The second-order valence-corrected chi connectivity index (χ2v) is 4.83. The fourth-order valence-electron chi connectivity index (χ4n) is 2.50. The number of hydrogen-bond donors (Lipinski definition) is 1. The molecule has 1 fully saturated rings. The highest BCUT2D eigenvalue weighted by Gasteiger charge is 2.28. The molecule has 4 heteroatoms. The summed E-state index contributed by atoms with van der Waals surface area (Å²) in [6.45, 7) is 3.71. The van der Waals surface area contributed by atoms with Crippen molar-refractivity contribution in [1.29, 1.82) is 0 Å². The van der Waals surface area contributed by atoms with Crippen molar-refractivity contribution in [3.05, 3.63) is 0 Å². The SMILES string of the molecule is CCC1CCCCN1C(=O)C(N)CCCOC. The van der Waals surface area contributed by atoms with E-state index in [9.17, 15) is 4.79 Å². The van der Waals surface area contributed by atoms with Gasteiger partial charge in [0.1, 0.15) is 0 Å². The number of rotatable bonds is 6. The van der Waals surface area contributed by atoms with E-state index in [4.69, 9.17) is 10.5 Å². The van der Waals surface area contributed by atoms with Gasteiger partial charge in [0.2, 0.25) is 5.91 Å². The molecule has 2 atom stereocenters. The molecule has 0 aliphatic carbocycles. The fraction of sp³-hybridized carbons (Fsp3) is 0.923. The van der Waals surface area contributed by atoms with Gasteiger partial charge in [0.15, 0.2) is 0 Å². The average molecular weight is 242 g/mol. The van der Waals surface area contributed by atoms with E-state index in [1.807, 2.05) is 4.90 Å². The molecular formula is C13H26N2O2. The molecule has 0 radical (unpaired) electrons. The lowest BCUT2D eigenvalue weighted by Gasteiger charge is -2.36. The second-order valence-electron chi connectivity index (χ2n) is 4.83. The summed E-state index contributed by atoms with van der Waals surface area (Å²) in [6.07, 6.45) is 6.10. The van der Waals surface area contributed by atoms with Crippen LogP contribution in [-0.2, 0) is 9.53 Å². The number of amides is 1. The zero-order valence-electron chi connectivity index (χ0n) is 11.2. The van der Waals surface area contributed by atoms with Crippen LogP contribution in [0.4, 0.5) is 0 Å². The molecule has 1 saturated heterocycles. The van der Waals surface area contributed by atoms with Gasteiger partial charge in [0.05, 0.1) is 6.04 Å². The maximum Gasteiger partial charge on any atom is 0.239 e. The van der Waals surface area contributed by atoms with Crippen molar-refractivity contribution in [2.45, 2.75) is 57.5 Å². The Morgan fingerprint density at radius 2 is 2.29 bits per heavy atom. The Balaban J connectivity index is 2.43. The van der Waals surface area contributed by atoms with Gasteiger partial charge < -0.3 is 15.4 Å². The lowest BCUT2D eigenvalue weighted by atomic mass is 9.98. The highest BCUT2D eigenvalue weighted by molar-refractivity contribution is 5.82. The van der Waals surface area contributed by atoms with Crippen LogP contribution in [0, 0.1) is 0 Å². The van der Waals surface area contributed by atoms with Crippen LogP contribution in [0.5, 0.6) is 0 Å². The van der Waals surface area contributed by atoms with Crippen LogP contribution in [0.3, 0.4) is 0 Å². The smallest absolute Gasteiger partial charge is 0.239 e. The maximum atomic E-state index is 12.2. The molecule has 2 N–H and O–H groups in total. The number of ether oxygens (including phenoxy) is 1. The predicted molar refractivity (Wildman–Crippen MR) is 68.7 cm³/mol. The van der Waals surface area contributed by atoms with Crippen molar-refractivity contribution in [2.75, 3.05) is 20.3 Å². The summed E-state index contributed by atoms with van der Waals surface area (Å²) in [5.41, 5.74) is 5.96. The molecule has 1 aliphatic heterocycles. The van der Waals surface area contributed by atoms with E-state index in [1.54, 1.807) is 7.11 Å². The number of carbonyl (C=O) groups excluding carboxylic acids is 1. The Morgan fingerprint density at radius 1 is 1.53 bits per heavy atom. The van der Waals surface area contributed by atoms with Crippen molar-refractivity contribution in [1.82, 2.24) is 4.90 Å². The molecule has 1 aliphatic rings. The van der Waals surface area contributed by atoms with Gasteiger partial charge in [-0.2, -0.15) is 0 Å². The van der Waals surface area contributed by atoms with Crippen molar-refractivity contribution in [2.24, 2.45) is 5.73 Å². The highest BCUT2D eigenvalue weighted by Crippen LogP contribution is 2.20. The van der Waals surface area contributed by atoms with E-state index in [0.29, 0.717) is 12.6 Å². The normalized spacial score (nSPS) is 22.5. The summed E-state index contributed by atoms with van der Waals surface area (Å²) in [7, 11) is 1.67. The van der Waals surface area contributed by atoms with Gasteiger partial charge in [-0.25, -0.2) is 0 Å². The molecule has 0 saturated carbocycles. The van der Waals surface area contributed by atoms with Crippen molar-refractivity contribution in [3.8, 4) is 0 Å². The summed E-state index contributed by atoms with van der Waals surface area (Å²) in [5, 5.41) is 0. The van der Waals surface area contributed by atoms with Gasteiger partial charge in [0, 0.05) is 26.3 Å². The third-order valence-corrected chi connectivity index (χ3v) is 3.56. The van der Waals surface area contributed by atoms with Crippen LogP contribution < -0.4 is 5.73 Å². The molecule has 0 aromatic carbocycles. The minimum atomic E-state index is -0.350. The average Bonchev–Trinajstić information content (AvgIpc) is 2.38. The number of piperidine rings is 1. The third-order valence-electron chi connectivity index (χ3n) is 3.56. The molecule has 0 spiro atoms. The molecule has 1 rings (SSSR count). The lowest BCUT2D eigenvalue weighted by Crippen LogP contribution is -2.50. The van der Waals surface area contributed by atoms with Crippen LogP contribution in [-0.4, -0.2) is 43.2 Å². The van der Waals surface area contributed by atoms with Crippen LogP contribution in [0.25, 0.3) is 0 Å². The molecule has 2 unspecified atom stereocenters. The number of methoxy groups -OCH3 is 1. The highest BCUT2D eigenvalue weighted by atomic mass is 16.5. The Bertz CT molecular complexity index is 233. The fourth-order valence-corrected chi connectivity index (χ4v) is 2.50. The van der Waals surface area contributed by atoms with Gasteiger partial charge in [-0.3, -0.25) is 4.79 Å². The van der Waals surface area contributed by atoms with Crippen LogP contribution in [0.2, 0.25) is 0 Å². The molecule has 1 heterocycles. The van der Waals surface area contributed by atoms with E-state index in [1.165, 1.54) is 6.42 Å². The third kappa shape index (κ3) is 4.28. The zero-order chi connectivity index (χ0) is 12.7. The summed E-state index contributed by atoms with van der Waals surface area (Å²) >= 11 is 0. The van der Waals surface area contributed by atoms with E-state index in [-0.39, 0.29) is 11.9 Å². The number of hydrogen-bond acceptors (Lipinski definition) is 3. The molecule has 17 heavy (non-hydrogen) atoms. The van der Waals surface area contributed by atoms with Crippen LogP contribution in [0.1, 0.15) is 45.4 Å². The van der Waals surface area contributed by atoms with Crippen molar-refractivity contribution < 1.29 is 9.53 Å². The van der Waals surface area contributed by atoms with Crippen molar-refractivity contribution in [3.63, 3.8) is 0 Å². The van der Waals surface area contributed by atoms with E-state index in [2.05, 4.69) is 6.92 Å². The number of carbonyl (C=O) groups is 1. The molecule has 0 aromatic heterocycles. The first kappa shape index (κ1) is 14.5. The second kappa shape index (κ2) is 7.67. The van der Waals surface area contributed by atoms with E-state index >= 15 is 0 Å². The standard InChI is InChI=1S/C13H26N2O2/c1-3-11-7-4-5-9-15(11)13(16)12(14)8-6-10-17-2/h11-12H,3-10,14H2,1-2H3. The Kier molecular flexibility index (Phi) is 6.52. The van der Waals surface area contributed by atoms with Crippen LogP contribution >= 0.6 is 0 Å². The minimum Gasteiger partial charge on any atom is -0.385 e. The monoisotopic (exact) mass is 242 g/mol. The number of nitrogens with zero attached hydrogens (tertiary/aromatic N) is 1. The summed E-state index contributed by atoms with van der Waals surface area (Å²) in [5.74, 6) is 0.132. The number of likely N-dealkylation sites (tertiary alicyclic amines) is 1. The topological polar surface area (TPSA) is 55.6 Å². The predicted octanol–water partition coefficient (Wildman–Crippen LogP) is 1.53. The Morgan fingerprint density at radius 3 is 2.94 bits per heavy atom. The molecule has 1 amide bonds. The lowest BCUT2D eigenvalue weighted by molar-refractivity contribution is -0.136. The number of nitrogens with two attached hydrogens (primary N) is 1. The Labute approximate surface area is 104 Å². The van der Waals surface area contributed by atoms with E-state index in [0.717, 1.165) is 38.6 Å². The van der Waals surface area contributed by atoms with Crippen molar-refractivity contribution >= 4 is 5.91 Å². The summed E-state index contributed by atoms with van der Waals surface area (Å²) < 4.78 is 4.98. The van der Waals surface area contributed by atoms with Gasteiger partial charge >= 0.3 is 0 Å². The molecule has 0 aromatic rings. The van der Waals surface area contributed by atoms with Gasteiger partial charge in [-0.05, 0) is 38.5 Å². The summed E-state index contributed by atoms with van der Waals surface area (Å²) in [6, 6.07) is 0.0574. The van der Waals surface area contributed by atoms with Gasteiger partial charge in [-0.1, -0.05) is 6.92 Å². The van der Waals surface area contributed by atoms with Gasteiger partial charge in [-0.15, -0.1) is 0 Å². The van der Waals surface area contributed by atoms with Gasteiger partial charge in [0.25, 0.3) is 0 Å². The largest absolute Gasteiger partial charge is 0.385 e. The van der Waals surface area contributed by atoms with Crippen LogP contribution in [0.15, 0.2) is 0 Å². The Hall–Kier alpha value is -0.610. The molecule has 0 bridgehead atoms. The van der Waals surface area contributed by atoms with E-state index < -0.39 is 0 Å². The zero-order valence-corrected chi connectivity index (χ0v) is 11.2. The molecular weight excluding hydrogens is 216 g/mol. The molecule has 100 valence electrons. The minimum absolute atomic E-state index is 0.132. The quantitative estimate of drug-likeness (QED) is 0.719. The first-order valence-electron chi connectivity index (χ1n) is 6.75. The summed E-state index contributed by atoms with van der Waals surface area (Å²) in [4.78, 5) is 14.2.